The van der Waals surface area contributed by atoms with Gasteiger partial charge in [-0.15, -0.1) is 0 Å². The standard InChI is InChI=1S/C16H32/c1-4-6-8-10-11-13-15-16(3)14-12-9-7-5-2/h15H,4-14H2,1-3H3. The van der Waals surface area contributed by atoms with Crippen LogP contribution in [0.4, 0.5) is 0 Å². The summed E-state index contributed by atoms with van der Waals surface area (Å²) in [5, 5.41) is 0. The Labute approximate surface area is 104 Å². The van der Waals surface area contributed by atoms with Crippen LogP contribution in [-0.4, -0.2) is 0 Å². The van der Waals surface area contributed by atoms with Crippen LogP contribution in [0.3, 0.4) is 0 Å². The van der Waals surface area contributed by atoms with Crippen molar-refractivity contribution in [1.29, 1.82) is 0 Å². The van der Waals surface area contributed by atoms with Crippen LogP contribution in [0.15, 0.2) is 11.6 Å². The zero-order chi connectivity index (χ0) is 12.1. The van der Waals surface area contributed by atoms with Gasteiger partial charge in [0.2, 0.25) is 0 Å². The molecule has 16 heavy (non-hydrogen) atoms. The Morgan fingerprint density at radius 2 is 1.31 bits per heavy atom. The number of rotatable bonds is 11. The van der Waals surface area contributed by atoms with Gasteiger partial charge in [0.15, 0.2) is 0 Å². The first-order valence-corrected chi connectivity index (χ1v) is 7.46. The number of hydrogen-bond acceptors (Lipinski definition) is 0. The van der Waals surface area contributed by atoms with E-state index in [2.05, 4.69) is 26.8 Å². The van der Waals surface area contributed by atoms with Crippen LogP contribution in [-0.2, 0) is 0 Å². The average molecular weight is 224 g/mol. The summed E-state index contributed by atoms with van der Waals surface area (Å²) in [6.45, 7) is 6.86. The molecular formula is C16H32. The molecule has 0 nitrogen and oxygen atoms in total. The van der Waals surface area contributed by atoms with Crippen LogP contribution in [0, 0.1) is 0 Å². The lowest BCUT2D eigenvalue weighted by molar-refractivity contribution is 0.633. The first kappa shape index (κ1) is 15.7. The minimum absolute atomic E-state index is 1.31. The van der Waals surface area contributed by atoms with Crippen molar-refractivity contribution < 1.29 is 0 Å². The Hall–Kier alpha value is -0.260. The van der Waals surface area contributed by atoms with Crippen molar-refractivity contribution in [3.8, 4) is 0 Å². The Morgan fingerprint density at radius 3 is 1.94 bits per heavy atom. The van der Waals surface area contributed by atoms with Crippen molar-refractivity contribution in [2.75, 3.05) is 0 Å². The molecule has 0 rings (SSSR count). The van der Waals surface area contributed by atoms with Gasteiger partial charge < -0.3 is 0 Å². The van der Waals surface area contributed by atoms with Crippen molar-refractivity contribution in [3.63, 3.8) is 0 Å². The Balaban J connectivity index is 3.26. The summed E-state index contributed by atoms with van der Waals surface area (Å²) in [6.07, 6.45) is 17.7. The van der Waals surface area contributed by atoms with E-state index in [1.54, 1.807) is 5.57 Å². The molecule has 0 bridgehead atoms. The topological polar surface area (TPSA) is 0 Å². The van der Waals surface area contributed by atoms with Gasteiger partial charge in [0, 0.05) is 0 Å². The summed E-state index contributed by atoms with van der Waals surface area (Å²) in [5.74, 6) is 0. The van der Waals surface area contributed by atoms with E-state index in [9.17, 15) is 0 Å². The van der Waals surface area contributed by atoms with Crippen LogP contribution in [0.1, 0.15) is 91.4 Å². The van der Waals surface area contributed by atoms with E-state index in [0.717, 1.165) is 0 Å². The van der Waals surface area contributed by atoms with Gasteiger partial charge in [-0.1, -0.05) is 70.4 Å². The van der Waals surface area contributed by atoms with Gasteiger partial charge in [-0.3, -0.25) is 0 Å². The summed E-state index contributed by atoms with van der Waals surface area (Å²) in [7, 11) is 0. The van der Waals surface area contributed by atoms with E-state index in [-0.39, 0.29) is 0 Å². The van der Waals surface area contributed by atoms with E-state index in [0.29, 0.717) is 0 Å². The molecule has 0 fully saturated rings. The van der Waals surface area contributed by atoms with Gasteiger partial charge in [-0.2, -0.15) is 0 Å². The molecule has 0 aliphatic rings. The largest absolute Gasteiger partial charge is 0.0856 e. The highest BCUT2D eigenvalue weighted by Crippen LogP contribution is 2.12. The molecule has 0 aliphatic carbocycles. The summed E-state index contributed by atoms with van der Waals surface area (Å²) < 4.78 is 0. The van der Waals surface area contributed by atoms with Crippen molar-refractivity contribution in [2.45, 2.75) is 91.4 Å². The number of unbranched alkanes of at least 4 members (excludes halogenated alkanes) is 8. The third-order valence-electron chi connectivity index (χ3n) is 3.23. The molecule has 0 aromatic heterocycles. The summed E-state index contributed by atoms with van der Waals surface area (Å²) in [5.41, 5.74) is 1.62. The van der Waals surface area contributed by atoms with Gasteiger partial charge in [-0.05, 0) is 32.6 Å². The Morgan fingerprint density at radius 1 is 0.750 bits per heavy atom. The second-order valence-corrected chi connectivity index (χ2v) is 5.06. The van der Waals surface area contributed by atoms with Crippen molar-refractivity contribution in [1.82, 2.24) is 0 Å². The fraction of sp³-hybridized carbons (Fsp3) is 0.875. The second kappa shape index (κ2) is 12.8. The highest BCUT2D eigenvalue weighted by atomic mass is 14.0. The molecule has 0 saturated carbocycles. The molecule has 96 valence electrons. The zero-order valence-corrected chi connectivity index (χ0v) is 11.9. The van der Waals surface area contributed by atoms with E-state index in [1.807, 2.05) is 0 Å². The molecule has 0 heterocycles. The second-order valence-electron chi connectivity index (χ2n) is 5.06. The lowest BCUT2D eigenvalue weighted by Crippen LogP contribution is -1.81. The SMILES string of the molecule is CCCCCCCC=C(C)CCCCCC. The third-order valence-corrected chi connectivity index (χ3v) is 3.23. The van der Waals surface area contributed by atoms with Gasteiger partial charge in [0.1, 0.15) is 0 Å². The highest BCUT2D eigenvalue weighted by molar-refractivity contribution is 4.97. The molecule has 0 aromatic rings. The molecule has 0 N–H and O–H groups in total. The maximum absolute atomic E-state index is 2.47. The molecule has 0 aliphatic heterocycles. The molecule has 0 heteroatoms. The van der Waals surface area contributed by atoms with Gasteiger partial charge in [-0.25, -0.2) is 0 Å². The predicted octanol–water partition coefficient (Wildman–Crippen LogP) is 6.26. The van der Waals surface area contributed by atoms with E-state index < -0.39 is 0 Å². The first-order chi connectivity index (χ1) is 7.81. The normalized spacial score (nSPS) is 12.1. The zero-order valence-electron chi connectivity index (χ0n) is 11.9. The number of allylic oxidation sites excluding steroid dienone is 2. The van der Waals surface area contributed by atoms with Crippen LogP contribution in [0.25, 0.3) is 0 Å². The third kappa shape index (κ3) is 11.8. The molecule has 0 atom stereocenters. The Kier molecular flexibility index (Phi) is 12.6. The lowest BCUT2D eigenvalue weighted by Gasteiger charge is -2.02. The van der Waals surface area contributed by atoms with Crippen LogP contribution in [0.5, 0.6) is 0 Å². The van der Waals surface area contributed by atoms with E-state index >= 15 is 0 Å². The van der Waals surface area contributed by atoms with E-state index in [4.69, 9.17) is 0 Å². The molecular weight excluding hydrogens is 192 g/mol. The van der Waals surface area contributed by atoms with Crippen molar-refractivity contribution in [2.24, 2.45) is 0 Å². The summed E-state index contributed by atoms with van der Waals surface area (Å²) in [6, 6.07) is 0. The first-order valence-electron chi connectivity index (χ1n) is 7.46. The Bertz CT molecular complexity index is 155. The summed E-state index contributed by atoms with van der Waals surface area (Å²) in [4.78, 5) is 0. The van der Waals surface area contributed by atoms with Crippen LogP contribution >= 0.6 is 0 Å². The van der Waals surface area contributed by atoms with E-state index in [1.165, 1.54) is 70.6 Å². The minimum Gasteiger partial charge on any atom is -0.0856 e. The quantitative estimate of drug-likeness (QED) is 0.287. The van der Waals surface area contributed by atoms with Crippen LogP contribution < -0.4 is 0 Å². The van der Waals surface area contributed by atoms with Crippen molar-refractivity contribution >= 4 is 0 Å². The average Bonchev–Trinajstić information content (AvgIpc) is 2.29. The monoisotopic (exact) mass is 224 g/mol. The highest BCUT2D eigenvalue weighted by Gasteiger charge is 1.92. The van der Waals surface area contributed by atoms with Crippen molar-refractivity contribution in [3.05, 3.63) is 11.6 Å². The summed E-state index contributed by atoms with van der Waals surface area (Å²) >= 11 is 0. The van der Waals surface area contributed by atoms with Gasteiger partial charge >= 0.3 is 0 Å². The molecule has 0 amide bonds. The number of hydrogen-bond donors (Lipinski definition) is 0. The molecule has 0 spiro atoms. The van der Waals surface area contributed by atoms with Gasteiger partial charge in [0.05, 0.1) is 0 Å². The molecule has 0 saturated heterocycles. The minimum atomic E-state index is 1.31. The molecule has 0 aromatic carbocycles. The smallest absolute Gasteiger partial charge is 0.0323 e. The maximum Gasteiger partial charge on any atom is -0.0323 e. The fourth-order valence-corrected chi connectivity index (χ4v) is 2.03. The predicted molar refractivity (Wildman–Crippen MR) is 75.9 cm³/mol. The maximum atomic E-state index is 2.47. The lowest BCUT2D eigenvalue weighted by atomic mass is 10.1. The molecule has 0 unspecified atom stereocenters. The molecule has 0 radical (unpaired) electrons. The fourth-order valence-electron chi connectivity index (χ4n) is 2.03. The van der Waals surface area contributed by atoms with Crippen LogP contribution in [0.2, 0.25) is 0 Å². The van der Waals surface area contributed by atoms with Gasteiger partial charge in [0.25, 0.3) is 0 Å².